The first kappa shape index (κ1) is 36.0. The van der Waals surface area contributed by atoms with Crippen molar-refractivity contribution in [3.8, 4) is 22.6 Å². The van der Waals surface area contributed by atoms with Gasteiger partial charge in [-0.15, -0.1) is 0 Å². The number of rotatable bonds is 15. The Bertz CT molecular complexity index is 1790. The largest absolute Gasteiger partial charge is 0.431 e. The summed E-state index contributed by atoms with van der Waals surface area (Å²) in [6, 6.07) is 35.2. The topological polar surface area (TPSA) is 143 Å². The molecule has 1 fully saturated rings. The summed E-state index contributed by atoms with van der Waals surface area (Å²) >= 11 is 1.50. The van der Waals surface area contributed by atoms with Gasteiger partial charge in [-0.25, -0.2) is 10.5 Å². The number of thioether (sulfide) groups is 1. The number of carbonyl (C=O) groups is 2. The SMILES string of the molecule is O=C(CCCCCC(=O)Nc1ccc([C@H]2O[C@@H](CSc3nc(-c4ccccc4)c(-c4ccccc4)o3)C[C@@H](c3ccc(CO)cc3)O2)cc1)NO. The van der Waals surface area contributed by atoms with Gasteiger partial charge in [0.1, 0.15) is 5.69 Å². The Kier molecular flexibility index (Phi) is 12.7. The quantitative estimate of drug-likeness (QED) is 0.0366. The monoisotopic (exact) mass is 707 g/mol. The van der Waals surface area contributed by atoms with E-state index in [0.717, 1.165) is 39.3 Å². The van der Waals surface area contributed by atoms with Crippen molar-refractivity contribution in [2.24, 2.45) is 0 Å². The van der Waals surface area contributed by atoms with E-state index >= 15 is 0 Å². The standard InChI is InChI=1S/C40H41N3O7S/c44-25-27-16-18-28(19-17-27)34-24-33(26-51-40-42-37(29-10-4-1-5-11-29)38(50-40)30-12-6-2-7-13-30)48-39(49-34)31-20-22-32(23-21-31)41-35(45)14-8-3-9-15-36(46)43-47/h1-2,4-7,10-13,16-23,33-34,39,44,47H,3,8-9,14-15,24-26H2,(H,41,45)(H,43,46)/t33-,34+,39+/m1/s1. The number of hydrogen-bond acceptors (Lipinski definition) is 9. The zero-order valence-corrected chi connectivity index (χ0v) is 28.9. The maximum Gasteiger partial charge on any atom is 0.256 e. The van der Waals surface area contributed by atoms with E-state index in [1.54, 1.807) is 5.48 Å². The highest BCUT2D eigenvalue weighted by Gasteiger charge is 2.33. The van der Waals surface area contributed by atoms with Gasteiger partial charge in [0.25, 0.3) is 5.22 Å². The number of hydrogen-bond donors (Lipinski definition) is 4. The smallest absolute Gasteiger partial charge is 0.256 e. The van der Waals surface area contributed by atoms with Crippen molar-refractivity contribution in [3.05, 3.63) is 126 Å². The van der Waals surface area contributed by atoms with Gasteiger partial charge in [-0.2, -0.15) is 0 Å². The van der Waals surface area contributed by atoms with E-state index in [2.05, 4.69) is 5.32 Å². The highest BCUT2D eigenvalue weighted by molar-refractivity contribution is 7.99. The Balaban J connectivity index is 1.14. The molecule has 4 N–H and O–H groups in total. The van der Waals surface area contributed by atoms with E-state index in [9.17, 15) is 14.7 Å². The minimum absolute atomic E-state index is 0.0326. The maximum atomic E-state index is 12.5. The Labute approximate surface area is 301 Å². The highest BCUT2D eigenvalue weighted by atomic mass is 32.2. The fourth-order valence-electron chi connectivity index (χ4n) is 5.88. The molecule has 264 valence electrons. The molecule has 5 aromatic rings. The van der Waals surface area contributed by atoms with Crippen molar-refractivity contribution >= 4 is 29.3 Å². The first-order valence-electron chi connectivity index (χ1n) is 17.1. The summed E-state index contributed by atoms with van der Waals surface area (Å²) < 4.78 is 19.4. The number of aliphatic hydroxyl groups is 1. The number of hydroxylamine groups is 1. The van der Waals surface area contributed by atoms with Crippen molar-refractivity contribution in [2.45, 2.75) is 68.9 Å². The molecule has 0 aliphatic carbocycles. The van der Waals surface area contributed by atoms with Crippen molar-refractivity contribution in [2.75, 3.05) is 11.1 Å². The molecule has 6 rings (SSSR count). The van der Waals surface area contributed by atoms with Gasteiger partial charge in [-0.05, 0) is 36.1 Å². The normalized spacial score (nSPS) is 17.2. The second-order valence-corrected chi connectivity index (χ2v) is 13.3. The zero-order chi connectivity index (χ0) is 35.4. The molecule has 0 saturated carbocycles. The zero-order valence-electron chi connectivity index (χ0n) is 28.1. The average molecular weight is 708 g/mol. The predicted molar refractivity (Wildman–Crippen MR) is 195 cm³/mol. The van der Waals surface area contributed by atoms with Gasteiger partial charge in [-0.1, -0.05) is 115 Å². The summed E-state index contributed by atoms with van der Waals surface area (Å²) in [6.45, 7) is -0.0326. The molecular formula is C40H41N3O7S. The molecule has 1 aliphatic rings. The van der Waals surface area contributed by atoms with Crippen LogP contribution in [0.15, 0.2) is 119 Å². The van der Waals surface area contributed by atoms with Gasteiger partial charge in [0.15, 0.2) is 12.1 Å². The summed E-state index contributed by atoms with van der Waals surface area (Å²) in [5, 5.41) is 21.6. The number of anilines is 1. The number of unbranched alkanes of at least 4 members (excludes halogenated alkanes) is 2. The van der Waals surface area contributed by atoms with Crippen LogP contribution in [0.1, 0.15) is 67.6 Å². The fraction of sp³-hybridized carbons (Fsp3) is 0.275. The van der Waals surface area contributed by atoms with Crippen LogP contribution in [0.5, 0.6) is 0 Å². The third kappa shape index (κ3) is 9.93. The summed E-state index contributed by atoms with van der Waals surface area (Å²) in [6.07, 6.45) is 2.00. The van der Waals surface area contributed by atoms with Gasteiger partial charge >= 0.3 is 0 Å². The van der Waals surface area contributed by atoms with Crippen molar-refractivity contribution in [3.63, 3.8) is 0 Å². The summed E-state index contributed by atoms with van der Waals surface area (Å²) in [7, 11) is 0. The minimum Gasteiger partial charge on any atom is -0.431 e. The number of oxazole rings is 1. The maximum absolute atomic E-state index is 12.5. The lowest BCUT2D eigenvalue weighted by molar-refractivity contribution is -0.245. The second kappa shape index (κ2) is 17.9. The van der Waals surface area contributed by atoms with Gasteiger partial charge in [-0.3, -0.25) is 14.8 Å². The molecule has 10 nitrogen and oxygen atoms in total. The van der Waals surface area contributed by atoms with Crippen molar-refractivity contribution in [1.29, 1.82) is 0 Å². The second-order valence-electron chi connectivity index (χ2n) is 12.3. The number of nitrogens with zero attached hydrogens (tertiary/aromatic N) is 1. The Hall–Kier alpha value is -4.78. The van der Waals surface area contributed by atoms with Crippen LogP contribution in [-0.2, 0) is 25.7 Å². The molecule has 4 aromatic carbocycles. The van der Waals surface area contributed by atoms with Gasteiger partial charge in [0.2, 0.25) is 11.8 Å². The fourth-order valence-corrected chi connectivity index (χ4v) is 6.72. The Morgan fingerprint density at radius 2 is 1.41 bits per heavy atom. The summed E-state index contributed by atoms with van der Waals surface area (Å²) in [4.78, 5) is 28.6. The molecule has 0 bridgehead atoms. The number of aromatic nitrogens is 1. The number of nitrogens with one attached hydrogen (secondary N) is 2. The molecule has 1 aliphatic heterocycles. The molecule has 51 heavy (non-hydrogen) atoms. The van der Waals surface area contributed by atoms with Gasteiger partial charge < -0.3 is 24.3 Å². The molecule has 2 heterocycles. The molecule has 1 aromatic heterocycles. The lowest BCUT2D eigenvalue weighted by Crippen LogP contribution is -2.31. The molecule has 2 amide bonds. The van der Waals surface area contributed by atoms with Crippen molar-refractivity contribution in [1.82, 2.24) is 10.5 Å². The molecule has 1 saturated heterocycles. The van der Waals surface area contributed by atoms with E-state index < -0.39 is 12.2 Å². The molecule has 0 unspecified atom stereocenters. The van der Waals surface area contributed by atoms with Crippen LogP contribution < -0.4 is 10.8 Å². The van der Waals surface area contributed by atoms with E-state index in [-0.39, 0.29) is 31.1 Å². The van der Waals surface area contributed by atoms with Crippen LogP contribution in [0.3, 0.4) is 0 Å². The Morgan fingerprint density at radius 1 is 0.765 bits per heavy atom. The summed E-state index contributed by atoms with van der Waals surface area (Å²) in [5.74, 6) is 0.759. The molecule has 11 heteroatoms. The third-order valence-electron chi connectivity index (χ3n) is 8.60. The molecule has 3 atom stereocenters. The van der Waals surface area contributed by atoms with Crippen LogP contribution in [-0.4, -0.2) is 39.0 Å². The molecular weight excluding hydrogens is 667 g/mol. The van der Waals surface area contributed by atoms with Gasteiger partial charge in [0, 0.05) is 47.4 Å². The van der Waals surface area contributed by atoms with Crippen LogP contribution in [0.25, 0.3) is 22.6 Å². The van der Waals surface area contributed by atoms with E-state index in [0.29, 0.717) is 48.8 Å². The average Bonchev–Trinajstić information content (AvgIpc) is 3.62. The third-order valence-corrected chi connectivity index (χ3v) is 9.56. The highest BCUT2D eigenvalue weighted by Crippen LogP contribution is 2.41. The predicted octanol–water partition coefficient (Wildman–Crippen LogP) is 8.23. The Morgan fingerprint density at radius 3 is 2.08 bits per heavy atom. The number of aliphatic hydroxyl groups excluding tert-OH is 1. The van der Waals surface area contributed by atoms with Gasteiger partial charge in [0.05, 0.1) is 18.8 Å². The number of carbonyl (C=O) groups excluding carboxylic acids is 2. The number of amides is 2. The lowest BCUT2D eigenvalue weighted by Gasteiger charge is -2.36. The van der Waals surface area contributed by atoms with E-state index in [4.69, 9.17) is 24.1 Å². The molecule has 0 spiro atoms. The molecule has 0 radical (unpaired) electrons. The van der Waals surface area contributed by atoms with E-state index in [1.165, 1.54) is 11.8 Å². The first-order chi connectivity index (χ1) is 25.0. The summed E-state index contributed by atoms with van der Waals surface area (Å²) in [5.41, 5.74) is 7.63. The lowest BCUT2D eigenvalue weighted by atomic mass is 10.0. The number of ether oxygens (including phenoxy) is 2. The van der Waals surface area contributed by atoms with E-state index in [1.807, 2.05) is 109 Å². The van der Waals surface area contributed by atoms with Crippen LogP contribution in [0, 0.1) is 0 Å². The minimum atomic E-state index is -0.655. The first-order valence-corrected chi connectivity index (χ1v) is 18.1. The van der Waals surface area contributed by atoms with Crippen LogP contribution >= 0.6 is 11.8 Å². The number of benzene rings is 4. The van der Waals surface area contributed by atoms with Crippen molar-refractivity contribution < 1.29 is 33.8 Å². The van der Waals surface area contributed by atoms with Crippen LogP contribution in [0.2, 0.25) is 0 Å². The van der Waals surface area contributed by atoms with Crippen LogP contribution in [0.4, 0.5) is 5.69 Å².